The van der Waals surface area contributed by atoms with Gasteiger partial charge in [-0.2, -0.15) is 5.10 Å². The molecule has 0 aliphatic heterocycles. The molecule has 0 amide bonds. The second-order valence-corrected chi connectivity index (χ2v) is 5.11. The summed E-state index contributed by atoms with van der Waals surface area (Å²) in [5.74, 6) is 0.991. The van der Waals surface area contributed by atoms with Crippen LogP contribution in [-0.4, -0.2) is 15.6 Å². The molecule has 1 aromatic rings. The minimum Gasteiger partial charge on any atom is -0.294 e. The van der Waals surface area contributed by atoms with Crippen LogP contribution in [0.2, 0.25) is 0 Å². The van der Waals surface area contributed by atoms with Crippen LogP contribution >= 0.6 is 0 Å². The molecule has 1 atom stereocenters. The highest BCUT2D eigenvalue weighted by atomic mass is 16.1. The number of rotatable bonds is 3. The first kappa shape index (κ1) is 12.1. The lowest BCUT2D eigenvalue weighted by molar-refractivity contribution is -0.115. The molecule has 0 bridgehead atoms. The molecule has 0 N–H and O–H groups in total. The number of carbonyl (C=O) groups is 1. The lowest BCUT2D eigenvalue weighted by Crippen LogP contribution is -2.13. The first-order valence-electron chi connectivity index (χ1n) is 6.28. The van der Waals surface area contributed by atoms with Crippen LogP contribution in [0.5, 0.6) is 0 Å². The molecular formula is C14H20N2O. The minimum atomic E-state index is 0.264. The molecule has 1 aliphatic carbocycles. The Morgan fingerprint density at radius 1 is 1.59 bits per heavy atom. The van der Waals surface area contributed by atoms with Gasteiger partial charge in [-0.1, -0.05) is 13.0 Å². The number of ketones is 1. The normalized spacial score (nSPS) is 20.2. The third-order valence-corrected chi connectivity index (χ3v) is 3.47. The number of Topliss-reactive ketones (excluding diaryl/α,β-unsaturated/α-hetero) is 1. The fourth-order valence-corrected chi connectivity index (χ4v) is 2.33. The van der Waals surface area contributed by atoms with Crippen molar-refractivity contribution in [3.05, 3.63) is 29.1 Å². The monoisotopic (exact) mass is 232 g/mol. The summed E-state index contributed by atoms with van der Waals surface area (Å²) in [7, 11) is 1.90. The van der Waals surface area contributed by atoms with Gasteiger partial charge in [-0.05, 0) is 43.7 Å². The van der Waals surface area contributed by atoms with Crippen LogP contribution in [-0.2, 0) is 18.3 Å². The SMILES string of the molecule is Cc1cc(CC(=O)C2=CCC(C)CC2)n(C)n1. The predicted octanol–water partition coefficient (Wildman–Crippen LogP) is 2.59. The Hall–Kier alpha value is -1.38. The first-order chi connectivity index (χ1) is 8.06. The Morgan fingerprint density at radius 3 is 2.88 bits per heavy atom. The van der Waals surface area contributed by atoms with Crippen LogP contribution in [0, 0.1) is 12.8 Å². The highest BCUT2D eigenvalue weighted by Crippen LogP contribution is 2.24. The summed E-state index contributed by atoms with van der Waals surface area (Å²) in [6.45, 7) is 4.19. The largest absolute Gasteiger partial charge is 0.294 e. The molecule has 0 saturated heterocycles. The van der Waals surface area contributed by atoms with Crippen molar-refractivity contribution in [2.45, 2.75) is 39.5 Å². The molecule has 3 heteroatoms. The first-order valence-corrected chi connectivity index (χ1v) is 6.28. The van der Waals surface area contributed by atoms with E-state index in [0.29, 0.717) is 6.42 Å². The van der Waals surface area contributed by atoms with Gasteiger partial charge in [-0.3, -0.25) is 9.48 Å². The smallest absolute Gasteiger partial charge is 0.164 e. The average Bonchev–Trinajstić information content (AvgIpc) is 2.58. The van der Waals surface area contributed by atoms with Gasteiger partial charge in [0.1, 0.15) is 0 Å². The van der Waals surface area contributed by atoms with E-state index in [1.807, 2.05) is 20.0 Å². The number of allylic oxidation sites excluding steroid dienone is 2. The zero-order valence-electron chi connectivity index (χ0n) is 10.9. The van der Waals surface area contributed by atoms with Crippen molar-refractivity contribution < 1.29 is 4.79 Å². The zero-order chi connectivity index (χ0) is 12.4. The molecule has 0 radical (unpaired) electrons. The topological polar surface area (TPSA) is 34.9 Å². The summed E-state index contributed by atoms with van der Waals surface area (Å²) < 4.78 is 1.80. The van der Waals surface area contributed by atoms with Gasteiger partial charge in [0.2, 0.25) is 0 Å². The van der Waals surface area contributed by atoms with E-state index in [1.54, 1.807) is 4.68 Å². The maximum atomic E-state index is 12.1. The van der Waals surface area contributed by atoms with Gasteiger partial charge in [0, 0.05) is 12.7 Å². The Labute approximate surface area is 103 Å². The summed E-state index contributed by atoms with van der Waals surface area (Å²) in [6, 6.07) is 1.99. The Balaban J connectivity index is 2.05. The molecule has 0 spiro atoms. The van der Waals surface area contributed by atoms with Gasteiger partial charge in [0.05, 0.1) is 12.1 Å². The van der Waals surface area contributed by atoms with E-state index >= 15 is 0 Å². The van der Waals surface area contributed by atoms with Gasteiger partial charge in [0.15, 0.2) is 5.78 Å². The quantitative estimate of drug-likeness (QED) is 0.803. The number of carbonyl (C=O) groups excluding carboxylic acids is 1. The molecule has 2 rings (SSSR count). The van der Waals surface area contributed by atoms with E-state index in [4.69, 9.17) is 0 Å². The van der Waals surface area contributed by atoms with Crippen LogP contribution < -0.4 is 0 Å². The molecular weight excluding hydrogens is 212 g/mol. The minimum absolute atomic E-state index is 0.264. The summed E-state index contributed by atoms with van der Waals surface area (Å²) in [5, 5.41) is 4.27. The van der Waals surface area contributed by atoms with Crippen molar-refractivity contribution in [1.82, 2.24) is 9.78 Å². The molecule has 0 fully saturated rings. The van der Waals surface area contributed by atoms with Crippen LogP contribution in [0.25, 0.3) is 0 Å². The summed E-state index contributed by atoms with van der Waals surface area (Å²) in [6.07, 6.45) is 5.74. The lowest BCUT2D eigenvalue weighted by Gasteiger charge is -2.17. The second kappa shape index (κ2) is 4.86. The Bertz CT molecular complexity index is 457. The molecule has 1 aromatic heterocycles. The average molecular weight is 232 g/mol. The van der Waals surface area contributed by atoms with Crippen molar-refractivity contribution >= 4 is 5.78 Å². The molecule has 92 valence electrons. The third kappa shape index (κ3) is 2.84. The molecule has 17 heavy (non-hydrogen) atoms. The molecule has 1 heterocycles. The number of aromatic nitrogens is 2. The van der Waals surface area contributed by atoms with Crippen LogP contribution in [0.15, 0.2) is 17.7 Å². The molecule has 0 saturated carbocycles. The van der Waals surface area contributed by atoms with Crippen molar-refractivity contribution in [2.75, 3.05) is 0 Å². The van der Waals surface area contributed by atoms with E-state index in [9.17, 15) is 4.79 Å². The molecule has 0 aromatic carbocycles. The lowest BCUT2D eigenvalue weighted by atomic mass is 9.88. The highest BCUT2D eigenvalue weighted by molar-refractivity contribution is 5.96. The highest BCUT2D eigenvalue weighted by Gasteiger charge is 2.17. The van der Waals surface area contributed by atoms with Crippen molar-refractivity contribution in [2.24, 2.45) is 13.0 Å². The summed E-state index contributed by atoms with van der Waals surface area (Å²) in [5.41, 5.74) is 3.00. The number of hydrogen-bond acceptors (Lipinski definition) is 2. The maximum Gasteiger partial charge on any atom is 0.164 e. The van der Waals surface area contributed by atoms with E-state index < -0.39 is 0 Å². The molecule has 1 aliphatic rings. The number of aryl methyl sites for hydroxylation is 2. The van der Waals surface area contributed by atoms with E-state index in [1.165, 1.54) is 0 Å². The van der Waals surface area contributed by atoms with E-state index in [0.717, 1.165) is 42.1 Å². The predicted molar refractivity (Wildman–Crippen MR) is 67.8 cm³/mol. The van der Waals surface area contributed by atoms with E-state index in [2.05, 4.69) is 18.1 Å². The third-order valence-electron chi connectivity index (χ3n) is 3.47. The molecule has 3 nitrogen and oxygen atoms in total. The van der Waals surface area contributed by atoms with Crippen LogP contribution in [0.1, 0.15) is 37.6 Å². The fourth-order valence-electron chi connectivity index (χ4n) is 2.33. The summed E-state index contributed by atoms with van der Waals surface area (Å²) >= 11 is 0. The van der Waals surface area contributed by atoms with Gasteiger partial charge >= 0.3 is 0 Å². The van der Waals surface area contributed by atoms with Crippen molar-refractivity contribution in [3.8, 4) is 0 Å². The van der Waals surface area contributed by atoms with Crippen LogP contribution in [0.4, 0.5) is 0 Å². The van der Waals surface area contributed by atoms with Gasteiger partial charge in [0.25, 0.3) is 0 Å². The summed E-state index contributed by atoms with van der Waals surface area (Å²) in [4.78, 5) is 12.1. The Kier molecular flexibility index (Phi) is 3.46. The maximum absolute atomic E-state index is 12.1. The zero-order valence-corrected chi connectivity index (χ0v) is 10.9. The second-order valence-electron chi connectivity index (χ2n) is 5.11. The standard InChI is InChI=1S/C14H20N2O/c1-10-4-6-12(7-5-10)14(17)9-13-8-11(2)15-16(13)3/h6,8,10H,4-5,7,9H2,1-3H3. The van der Waals surface area contributed by atoms with E-state index in [-0.39, 0.29) is 5.78 Å². The van der Waals surface area contributed by atoms with Crippen LogP contribution in [0.3, 0.4) is 0 Å². The Morgan fingerprint density at radius 2 is 2.35 bits per heavy atom. The number of hydrogen-bond donors (Lipinski definition) is 0. The van der Waals surface area contributed by atoms with Crippen molar-refractivity contribution in [1.29, 1.82) is 0 Å². The number of nitrogens with zero attached hydrogens (tertiary/aromatic N) is 2. The van der Waals surface area contributed by atoms with Crippen molar-refractivity contribution in [3.63, 3.8) is 0 Å². The molecule has 1 unspecified atom stereocenters. The fraction of sp³-hybridized carbons (Fsp3) is 0.571. The van der Waals surface area contributed by atoms with Gasteiger partial charge < -0.3 is 0 Å². The van der Waals surface area contributed by atoms with Gasteiger partial charge in [-0.25, -0.2) is 0 Å². The van der Waals surface area contributed by atoms with Gasteiger partial charge in [-0.15, -0.1) is 0 Å².